The minimum Gasteiger partial charge on any atom is -0.466 e. The van der Waals surface area contributed by atoms with Crippen molar-refractivity contribution in [2.75, 3.05) is 33.4 Å². The summed E-state index contributed by atoms with van der Waals surface area (Å²) < 4.78 is 17.3. The fourth-order valence-corrected chi connectivity index (χ4v) is 3.19. The number of ether oxygens (including phenoxy) is 3. The van der Waals surface area contributed by atoms with Crippen LogP contribution in [0, 0.1) is 0 Å². The number of nitrogens with one attached hydrogen (secondary N) is 1. The van der Waals surface area contributed by atoms with Gasteiger partial charge in [-0.1, -0.05) is 51.0 Å². The number of allylic oxidation sites excluding steroid dienone is 4. The van der Waals surface area contributed by atoms with Gasteiger partial charge in [-0.2, -0.15) is 0 Å². The topological polar surface area (TPSA) is 56.8 Å². The molecule has 188 valence electrons. The van der Waals surface area contributed by atoms with Crippen molar-refractivity contribution in [3.8, 4) is 0 Å². The van der Waals surface area contributed by atoms with Crippen LogP contribution in [-0.2, 0) is 19.0 Å². The molecule has 32 heavy (non-hydrogen) atoms. The molecule has 0 saturated heterocycles. The zero-order valence-corrected chi connectivity index (χ0v) is 21.2. The summed E-state index contributed by atoms with van der Waals surface area (Å²) in [7, 11) is 1.97. The molecule has 0 aromatic rings. The molecule has 0 bridgehead atoms. The van der Waals surface area contributed by atoms with Gasteiger partial charge in [-0.3, -0.25) is 4.79 Å². The quantitative estimate of drug-likeness (QED) is 0.0760. The lowest BCUT2D eigenvalue weighted by molar-refractivity contribution is -0.159. The van der Waals surface area contributed by atoms with E-state index in [0.29, 0.717) is 32.7 Å². The Morgan fingerprint density at radius 3 is 1.88 bits per heavy atom. The molecule has 5 nitrogen and oxygen atoms in total. The van der Waals surface area contributed by atoms with Crippen LogP contribution in [0.3, 0.4) is 0 Å². The minimum atomic E-state index is -0.318. The van der Waals surface area contributed by atoms with E-state index in [9.17, 15) is 4.79 Å². The Morgan fingerprint density at radius 1 is 0.750 bits per heavy atom. The van der Waals surface area contributed by atoms with Crippen molar-refractivity contribution in [2.24, 2.45) is 0 Å². The van der Waals surface area contributed by atoms with Gasteiger partial charge in [-0.25, -0.2) is 0 Å². The Labute approximate surface area is 198 Å². The summed E-state index contributed by atoms with van der Waals surface area (Å²) in [5.74, 6) is -0.146. The molecule has 0 aromatic heterocycles. The smallest absolute Gasteiger partial charge is 0.305 e. The molecule has 0 heterocycles. The summed E-state index contributed by atoms with van der Waals surface area (Å²) >= 11 is 0. The first-order chi connectivity index (χ1) is 15.7. The second-order valence-corrected chi connectivity index (χ2v) is 8.20. The number of hydrogen-bond acceptors (Lipinski definition) is 5. The zero-order chi connectivity index (χ0) is 23.5. The van der Waals surface area contributed by atoms with Gasteiger partial charge in [-0.05, 0) is 77.8 Å². The second kappa shape index (κ2) is 26.1. The van der Waals surface area contributed by atoms with Gasteiger partial charge in [0, 0.05) is 19.6 Å². The van der Waals surface area contributed by atoms with Crippen LogP contribution < -0.4 is 5.32 Å². The van der Waals surface area contributed by atoms with Crippen molar-refractivity contribution in [1.82, 2.24) is 5.32 Å². The second-order valence-electron chi connectivity index (χ2n) is 8.20. The van der Waals surface area contributed by atoms with Crippen LogP contribution in [0.15, 0.2) is 24.3 Å². The van der Waals surface area contributed by atoms with E-state index in [1.807, 2.05) is 7.05 Å². The van der Waals surface area contributed by atoms with Crippen molar-refractivity contribution in [2.45, 2.75) is 110 Å². The molecule has 0 atom stereocenters. The summed E-state index contributed by atoms with van der Waals surface area (Å²) in [5, 5.41) is 3.15. The van der Waals surface area contributed by atoms with E-state index in [2.05, 4.69) is 43.5 Å². The Kier molecular flexibility index (Phi) is 25.1. The fraction of sp³-hybridized carbons (Fsp3) is 0.815. The molecule has 0 aliphatic rings. The number of carbonyl (C=O) groups is 1. The van der Waals surface area contributed by atoms with Crippen LogP contribution in [0.2, 0.25) is 0 Å². The maximum atomic E-state index is 12.1. The van der Waals surface area contributed by atoms with Crippen LogP contribution in [0.4, 0.5) is 0 Å². The van der Waals surface area contributed by atoms with Gasteiger partial charge < -0.3 is 19.5 Å². The van der Waals surface area contributed by atoms with Crippen LogP contribution in [-0.4, -0.2) is 45.7 Å². The highest BCUT2D eigenvalue weighted by Gasteiger charge is 2.13. The van der Waals surface area contributed by atoms with Gasteiger partial charge in [-0.15, -0.1) is 0 Å². The predicted octanol–water partition coefficient (Wildman–Crippen LogP) is 6.72. The number of rotatable bonds is 24. The normalized spacial score (nSPS) is 11.9. The molecule has 0 fully saturated rings. The van der Waals surface area contributed by atoms with Crippen molar-refractivity contribution in [3.05, 3.63) is 24.3 Å². The molecule has 0 rings (SSSR count). The average Bonchev–Trinajstić information content (AvgIpc) is 2.80. The summed E-state index contributed by atoms with van der Waals surface area (Å²) in [6.45, 7) is 7.21. The number of esters is 1. The Balaban J connectivity index is 4.05. The third kappa shape index (κ3) is 23.5. The van der Waals surface area contributed by atoms with Gasteiger partial charge in [0.1, 0.15) is 0 Å². The standard InChI is InChI=1S/C27H51NO4/c1-4-6-8-10-13-18-24-31-27(32-25-19-14-11-9-7-5-2)21-20-26(29)30-23-17-15-12-16-22-28-3/h6-9,27-28H,4-5,10-25H2,1-3H3/b8-6-,9-7-. The molecule has 0 aromatic carbocycles. The fourth-order valence-electron chi connectivity index (χ4n) is 3.19. The van der Waals surface area contributed by atoms with Crippen LogP contribution in [0.25, 0.3) is 0 Å². The van der Waals surface area contributed by atoms with Crippen molar-refractivity contribution in [1.29, 1.82) is 0 Å². The first-order valence-electron chi connectivity index (χ1n) is 13.1. The molecular weight excluding hydrogens is 402 g/mol. The van der Waals surface area contributed by atoms with E-state index in [4.69, 9.17) is 14.2 Å². The van der Waals surface area contributed by atoms with Crippen LogP contribution in [0.1, 0.15) is 104 Å². The Hall–Kier alpha value is -1.17. The van der Waals surface area contributed by atoms with Crippen LogP contribution in [0.5, 0.6) is 0 Å². The van der Waals surface area contributed by atoms with E-state index in [0.717, 1.165) is 70.8 Å². The van der Waals surface area contributed by atoms with Gasteiger partial charge in [0.15, 0.2) is 6.29 Å². The highest BCUT2D eigenvalue weighted by molar-refractivity contribution is 5.69. The third-order valence-corrected chi connectivity index (χ3v) is 5.11. The highest BCUT2D eigenvalue weighted by atomic mass is 16.7. The number of unbranched alkanes of at least 4 members (excludes halogenated alkanes) is 7. The lowest BCUT2D eigenvalue weighted by atomic mass is 10.2. The summed E-state index contributed by atoms with van der Waals surface area (Å²) in [6.07, 6.45) is 22.5. The molecule has 0 unspecified atom stereocenters. The van der Waals surface area contributed by atoms with E-state index in [1.54, 1.807) is 0 Å². The van der Waals surface area contributed by atoms with Gasteiger partial charge in [0.25, 0.3) is 0 Å². The average molecular weight is 454 g/mol. The number of carbonyl (C=O) groups excluding carboxylic acids is 1. The largest absolute Gasteiger partial charge is 0.466 e. The van der Waals surface area contributed by atoms with E-state index < -0.39 is 0 Å². The molecule has 0 amide bonds. The Morgan fingerprint density at radius 2 is 1.31 bits per heavy atom. The van der Waals surface area contributed by atoms with E-state index in [1.165, 1.54) is 12.8 Å². The van der Waals surface area contributed by atoms with Gasteiger partial charge in [0.2, 0.25) is 0 Å². The summed E-state index contributed by atoms with van der Waals surface area (Å²) in [4.78, 5) is 12.1. The summed E-state index contributed by atoms with van der Waals surface area (Å²) in [6, 6.07) is 0. The minimum absolute atomic E-state index is 0.146. The SMILES string of the molecule is CC/C=C\CCCCOC(CCC(=O)OCCCCCCNC)OCCCC/C=C\CC. The lowest BCUT2D eigenvalue weighted by Crippen LogP contribution is -2.21. The lowest BCUT2D eigenvalue weighted by Gasteiger charge is -2.18. The molecule has 0 spiro atoms. The van der Waals surface area contributed by atoms with Gasteiger partial charge >= 0.3 is 5.97 Å². The van der Waals surface area contributed by atoms with Crippen molar-refractivity contribution >= 4 is 5.97 Å². The van der Waals surface area contributed by atoms with Crippen molar-refractivity contribution < 1.29 is 19.0 Å². The summed E-state index contributed by atoms with van der Waals surface area (Å²) in [5.41, 5.74) is 0. The zero-order valence-electron chi connectivity index (χ0n) is 21.2. The molecule has 0 aliphatic heterocycles. The third-order valence-electron chi connectivity index (χ3n) is 5.11. The number of hydrogen-bond donors (Lipinski definition) is 1. The molecule has 1 N–H and O–H groups in total. The van der Waals surface area contributed by atoms with Crippen LogP contribution >= 0.6 is 0 Å². The molecule has 0 aliphatic carbocycles. The highest BCUT2D eigenvalue weighted by Crippen LogP contribution is 2.10. The first kappa shape index (κ1) is 30.8. The monoisotopic (exact) mass is 453 g/mol. The maximum Gasteiger partial charge on any atom is 0.305 e. The molecule has 0 radical (unpaired) electrons. The maximum absolute atomic E-state index is 12.1. The van der Waals surface area contributed by atoms with Gasteiger partial charge in [0.05, 0.1) is 13.0 Å². The molecule has 5 heteroatoms. The molecular formula is C27H51NO4. The Bertz CT molecular complexity index is 427. The molecule has 0 saturated carbocycles. The first-order valence-corrected chi connectivity index (χ1v) is 13.1. The predicted molar refractivity (Wildman–Crippen MR) is 135 cm³/mol. The van der Waals surface area contributed by atoms with Crippen molar-refractivity contribution in [3.63, 3.8) is 0 Å². The van der Waals surface area contributed by atoms with E-state index in [-0.39, 0.29) is 12.3 Å². The van der Waals surface area contributed by atoms with E-state index >= 15 is 0 Å².